The monoisotopic (exact) mass is 257 g/mol. The summed E-state index contributed by atoms with van der Waals surface area (Å²) in [7, 11) is 1.29. The first-order valence-corrected chi connectivity index (χ1v) is 4.91. The highest BCUT2D eigenvalue weighted by molar-refractivity contribution is 5.18. The normalized spacial score (nSPS) is 13.5. The zero-order valence-corrected chi connectivity index (χ0v) is 9.52. The van der Waals surface area contributed by atoms with Crippen LogP contribution in [0.25, 0.3) is 0 Å². The molecule has 0 aliphatic heterocycles. The number of hydrogen-bond donors (Lipinski definition) is 0. The second kappa shape index (κ2) is 4.23. The minimum Gasteiger partial charge on any atom is -0.252 e. The molecule has 0 fully saturated rings. The first kappa shape index (κ1) is 13.9. The SMILES string of the molecule is CC(C)Cc1c(C(F)(F)C(F)(F)F)nnn1C. The standard InChI is InChI=1S/C9H12F5N3/c1-5(2)4-6-7(15-16-17(6)3)8(10,11)9(12,13)14/h5H,4H2,1-3H3. The Hall–Kier alpha value is -1.21. The van der Waals surface area contributed by atoms with Crippen molar-refractivity contribution < 1.29 is 22.0 Å². The van der Waals surface area contributed by atoms with Gasteiger partial charge >= 0.3 is 12.1 Å². The van der Waals surface area contributed by atoms with Crippen LogP contribution in [0.2, 0.25) is 0 Å². The number of rotatable bonds is 3. The second-order valence-corrected chi connectivity index (χ2v) is 4.18. The molecule has 1 aromatic heterocycles. The van der Waals surface area contributed by atoms with Crippen LogP contribution in [0.4, 0.5) is 22.0 Å². The molecular formula is C9H12F5N3. The fourth-order valence-corrected chi connectivity index (χ4v) is 1.37. The Kier molecular flexibility index (Phi) is 3.45. The summed E-state index contributed by atoms with van der Waals surface area (Å²) in [5.41, 5.74) is -1.50. The van der Waals surface area contributed by atoms with Crippen molar-refractivity contribution in [1.29, 1.82) is 0 Å². The highest BCUT2D eigenvalue weighted by Crippen LogP contribution is 2.44. The average Bonchev–Trinajstić information content (AvgIpc) is 2.45. The van der Waals surface area contributed by atoms with E-state index < -0.39 is 17.8 Å². The van der Waals surface area contributed by atoms with E-state index in [1.165, 1.54) is 7.05 Å². The van der Waals surface area contributed by atoms with Crippen LogP contribution in [-0.2, 0) is 19.4 Å². The lowest BCUT2D eigenvalue weighted by atomic mass is 10.0. The average molecular weight is 257 g/mol. The smallest absolute Gasteiger partial charge is 0.252 e. The molecule has 1 aromatic rings. The number of hydrogen-bond acceptors (Lipinski definition) is 2. The van der Waals surface area contributed by atoms with Crippen molar-refractivity contribution in [3.05, 3.63) is 11.4 Å². The molecule has 0 saturated carbocycles. The van der Waals surface area contributed by atoms with Crippen LogP contribution >= 0.6 is 0 Å². The van der Waals surface area contributed by atoms with Crippen LogP contribution in [0.3, 0.4) is 0 Å². The predicted octanol–water partition coefficient (Wildman–Crippen LogP) is 2.67. The van der Waals surface area contributed by atoms with E-state index in [9.17, 15) is 22.0 Å². The number of aromatic nitrogens is 3. The second-order valence-electron chi connectivity index (χ2n) is 4.18. The van der Waals surface area contributed by atoms with Gasteiger partial charge in [0.1, 0.15) is 0 Å². The summed E-state index contributed by atoms with van der Waals surface area (Å²) >= 11 is 0. The van der Waals surface area contributed by atoms with E-state index in [0.29, 0.717) is 0 Å². The molecule has 0 amide bonds. The van der Waals surface area contributed by atoms with Crippen molar-refractivity contribution in [2.45, 2.75) is 32.4 Å². The van der Waals surface area contributed by atoms with Gasteiger partial charge in [0.15, 0.2) is 5.69 Å². The van der Waals surface area contributed by atoms with E-state index in [-0.39, 0.29) is 18.0 Å². The largest absolute Gasteiger partial charge is 0.459 e. The Morgan fingerprint density at radius 3 is 2.12 bits per heavy atom. The highest BCUT2D eigenvalue weighted by atomic mass is 19.4. The van der Waals surface area contributed by atoms with Crippen molar-refractivity contribution in [2.24, 2.45) is 13.0 Å². The Bertz CT molecular complexity index is 394. The van der Waals surface area contributed by atoms with Crippen LogP contribution in [0.1, 0.15) is 25.2 Å². The predicted molar refractivity (Wildman–Crippen MR) is 49.5 cm³/mol. The summed E-state index contributed by atoms with van der Waals surface area (Å²) in [6.45, 7) is 3.42. The minimum atomic E-state index is -5.66. The van der Waals surface area contributed by atoms with Gasteiger partial charge < -0.3 is 0 Å². The molecule has 0 unspecified atom stereocenters. The zero-order chi connectivity index (χ0) is 13.4. The first-order valence-electron chi connectivity index (χ1n) is 4.91. The molecule has 0 aliphatic rings. The quantitative estimate of drug-likeness (QED) is 0.779. The molecule has 0 saturated heterocycles. The third kappa shape index (κ3) is 2.55. The topological polar surface area (TPSA) is 30.7 Å². The van der Waals surface area contributed by atoms with Crippen molar-refractivity contribution in [3.8, 4) is 0 Å². The van der Waals surface area contributed by atoms with Gasteiger partial charge in [-0.1, -0.05) is 19.1 Å². The third-order valence-electron chi connectivity index (χ3n) is 2.20. The molecule has 1 heterocycles. The fourth-order valence-electron chi connectivity index (χ4n) is 1.37. The molecule has 17 heavy (non-hydrogen) atoms. The van der Waals surface area contributed by atoms with E-state index in [1.54, 1.807) is 13.8 Å². The summed E-state index contributed by atoms with van der Waals surface area (Å²) in [5.74, 6) is -5.04. The molecule has 0 atom stereocenters. The van der Waals surface area contributed by atoms with Crippen molar-refractivity contribution >= 4 is 0 Å². The number of alkyl halides is 5. The molecule has 0 spiro atoms. The summed E-state index contributed by atoms with van der Waals surface area (Å²) in [4.78, 5) is 0. The summed E-state index contributed by atoms with van der Waals surface area (Å²) < 4.78 is 63.9. The Labute approximate surface area is 94.6 Å². The maximum atomic E-state index is 13.1. The van der Waals surface area contributed by atoms with Gasteiger partial charge in [-0.15, -0.1) is 5.10 Å². The maximum absolute atomic E-state index is 13.1. The molecular weight excluding hydrogens is 245 g/mol. The lowest BCUT2D eigenvalue weighted by molar-refractivity contribution is -0.291. The van der Waals surface area contributed by atoms with Gasteiger partial charge in [-0.05, 0) is 12.3 Å². The van der Waals surface area contributed by atoms with Gasteiger partial charge in [0.05, 0.1) is 5.69 Å². The molecule has 0 radical (unpaired) electrons. The van der Waals surface area contributed by atoms with Crippen LogP contribution in [-0.4, -0.2) is 21.2 Å². The van der Waals surface area contributed by atoms with Gasteiger partial charge in [0, 0.05) is 7.05 Å². The van der Waals surface area contributed by atoms with Gasteiger partial charge in [-0.3, -0.25) is 4.68 Å². The Morgan fingerprint density at radius 1 is 1.18 bits per heavy atom. The van der Waals surface area contributed by atoms with E-state index in [1.807, 2.05) is 0 Å². The van der Waals surface area contributed by atoms with Gasteiger partial charge in [0.2, 0.25) is 0 Å². The molecule has 8 heteroatoms. The highest BCUT2D eigenvalue weighted by Gasteiger charge is 2.61. The minimum absolute atomic E-state index is 0.0600. The first-order chi connectivity index (χ1) is 7.57. The van der Waals surface area contributed by atoms with Gasteiger partial charge in [0.25, 0.3) is 0 Å². The Balaban J connectivity index is 3.23. The fraction of sp³-hybridized carbons (Fsp3) is 0.778. The molecule has 0 aliphatic carbocycles. The third-order valence-corrected chi connectivity index (χ3v) is 2.20. The van der Waals surface area contributed by atoms with Crippen molar-refractivity contribution in [2.75, 3.05) is 0 Å². The lowest BCUT2D eigenvalue weighted by Gasteiger charge is -2.19. The van der Waals surface area contributed by atoms with Crippen LogP contribution < -0.4 is 0 Å². The molecule has 98 valence electrons. The maximum Gasteiger partial charge on any atom is 0.459 e. The summed E-state index contributed by atoms with van der Waals surface area (Å²) in [5, 5.41) is 6.19. The van der Waals surface area contributed by atoms with Crippen LogP contribution in [0.15, 0.2) is 0 Å². The van der Waals surface area contributed by atoms with Gasteiger partial charge in [-0.2, -0.15) is 22.0 Å². The summed E-state index contributed by atoms with van der Waals surface area (Å²) in [6, 6.07) is 0. The molecule has 3 nitrogen and oxygen atoms in total. The van der Waals surface area contributed by atoms with E-state index in [4.69, 9.17) is 0 Å². The molecule has 1 rings (SSSR count). The number of halogens is 5. The zero-order valence-electron chi connectivity index (χ0n) is 9.52. The molecule has 0 aromatic carbocycles. The molecule has 0 bridgehead atoms. The molecule has 0 N–H and O–H groups in total. The lowest BCUT2D eigenvalue weighted by Crippen LogP contribution is -2.35. The van der Waals surface area contributed by atoms with E-state index in [0.717, 1.165) is 4.68 Å². The van der Waals surface area contributed by atoms with Crippen molar-refractivity contribution in [3.63, 3.8) is 0 Å². The Morgan fingerprint density at radius 2 is 1.71 bits per heavy atom. The van der Waals surface area contributed by atoms with Crippen molar-refractivity contribution in [1.82, 2.24) is 15.0 Å². The van der Waals surface area contributed by atoms with E-state index in [2.05, 4.69) is 10.3 Å². The summed E-state index contributed by atoms with van der Waals surface area (Å²) in [6.07, 6.45) is -5.60. The number of aryl methyl sites for hydroxylation is 1. The van der Waals surface area contributed by atoms with Gasteiger partial charge in [-0.25, -0.2) is 0 Å². The van der Waals surface area contributed by atoms with Crippen LogP contribution in [0.5, 0.6) is 0 Å². The number of nitrogens with zero attached hydrogens (tertiary/aromatic N) is 3. The van der Waals surface area contributed by atoms with E-state index >= 15 is 0 Å². The van der Waals surface area contributed by atoms with Crippen LogP contribution in [0, 0.1) is 5.92 Å².